The van der Waals surface area contributed by atoms with Gasteiger partial charge in [-0.25, -0.2) is 4.79 Å². The van der Waals surface area contributed by atoms with E-state index in [0.717, 1.165) is 12.1 Å². The Kier molecular flexibility index (Phi) is 3.65. The number of rotatable bonds is 2. The minimum absolute atomic E-state index is 0.413. The maximum Gasteiger partial charge on any atom is 0.417 e. The number of hydrogen-bond acceptors (Lipinski definition) is 2. The number of carbonyl (C=O) groups excluding carboxylic acids is 1. The Bertz CT molecular complexity index is 476. The fourth-order valence-corrected chi connectivity index (χ4v) is 1.59. The highest BCUT2D eigenvalue weighted by Gasteiger charge is 2.34. The lowest BCUT2D eigenvalue weighted by atomic mass is 9.94. The van der Waals surface area contributed by atoms with Crippen molar-refractivity contribution in [2.24, 2.45) is 4.99 Å². The van der Waals surface area contributed by atoms with E-state index < -0.39 is 22.3 Å². The van der Waals surface area contributed by atoms with Crippen LogP contribution in [-0.4, -0.2) is 6.08 Å². The normalized spacial score (nSPS) is 12.1. The number of isocyanates is 1. The van der Waals surface area contributed by atoms with E-state index in [1.54, 1.807) is 13.8 Å². The Morgan fingerprint density at radius 3 is 2.29 bits per heavy atom. The van der Waals surface area contributed by atoms with Crippen LogP contribution in [0.25, 0.3) is 0 Å². The van der Waals surface area contributed by atoms with Gasteiger partial charge in [0.15, 0.2) is 0 Å². The average Bonchev–Trinajstić information content (AvgIpc) is 2.15. The molecule has 1 aromatic rings. The van der Waals surface area contributed by atoms with Gasteiger partial charge in [0, 0.05) is 0 Å². The molecular weight excluding hydrogens is 255 g/mol. The number of aliphatic imine (C=N–C) groups is 1. The summed E-state index contributed by atoms with van der Waals surface area (Å²) in [5.41, 5.74) is -1.44. The molecule has 0 saturated heterocycles. The first-order valence-electron chi connectivity index (χ1n) is 4.65. The minimum Gasteiger partial charge on any atom is -0.211 e. The first-order chi connectivity index (χ1) is 7.68. The van der Waals surface area contributed by atoms with Gasteiger partial charge in [-0.05, 0) is 31.5 Å². The zero-order valence-electron chi connectivity index (χ0n) is 9.10. The van der Waals surface area contributed by atoms with E-state index in [-0.39, 0.29) is 0 Å². The summed E-state index contributed by atoms with van der Waals surface area (Å²) >= 11 is 5.56. The van der Waals surface area contributed by atoms with Gasteiger partial charge in [-0.1, -0.05) is 17.7 Å². The standard InChI is InChI=1S/C11H9ClF3NO/c1-10(2,16-6-17)7-3-4-8(9(12)5-7)11(13,14)15/h3-5H,1-2H3. The lowest BCUT2D eigenvalue weighted by Gasteiger charge is -2.19. The lowest BCUT2D eigenvalue weighted by molar-refractivity contribution is -0.137. The Morgan fingerprint density at radius 1 is 1.29 bits per heavy atom. The first-order valence-corrected chi connectivity index (χ1v) is 5.02. The molecule has 1 rings (SSSR count). The maximum absolute atomic E-state index is 12.5. The average molecular weight is 264 g/mol. The van der Waals surface area contributed by atoms with Crippen molar-refractivity contribution in [2.45, 2.75) is 25.6 Å². The molecule has 0 radical (unpaired) electrons. The van der Waals surface area contributed by atoms with Crippen LogP contribution in [0.4, 0.5) is 13.2 Å². The fourth-order valence-electron chi connectivity index (χ4n) is 1.30. The van der Waals surface area contributed by atoms with Crippen molar-refractivity contribution in [1.82, 2.24) is 0 Å². The SMILES string of the molecule is CC(C)(N=C=O)c1ccc(C(F)(F)F)c(Cl)c1. The van der Waals surface area contributed by atoms with Gasteiger partial charge in [0.05, 0.1) is 16.1 Å². The minimum atomic E-state index is -4.49. The van der Waals surface area contributed by atoms with E-state index in [2.05, 4.69) is 4.99 Å². The van der Waals surface area contributed by atoms with Gasteiger partial charge in [0.25, 0.3) is 0 Å². The predicted molar refractivity (Wildman–Crippen MR) is 57.6 cm³/mol. The van der Waals surface area contributed by atoms with Crippen LogP contribution < -0.4 is 0 Å². The lowest BCUT2D eigenvalue weighted by Crippen LogP contribution is -2.14. The highest BCUT2D eigenvalue weighted by atomic mass is 35.5. The summed E-state index contributed by atoms with van der Waals surface area (Å²) in [6.45, 7) is 3.16. The second-order valence-electron chi connectivity index (χ2n) is 3.95. The zero-order valence-corrected chi connectivity index (χ0v) is 9.86. The molecule has 0 amide bonds. The molecular formula is C11H9ClF3NO. The third-order valence-electron chi connectivity index (χ3n) is 2.31. The smallest absolute Gasteiger partial charge is 0.211 e. The van der Waals surface area contributed by atoms with E-state index >= 15 is 0 Å². The topological polar surface area (TPSA) is 29.4 Å². The molecule has 0 aromatic heterocycles. The molecule has 17 heavy (non-hydrogen) atoms. The summed E-state index contributed by atoms with van der Waals surface area (Å²) in [5, 5.41) is -0.413. The van der Waals surface area contributed by atoms with Gasteiger partial charge >= 0.3 is 6.18 Å². The Morgan fingerprint density at radius 2 is 1.88 bits per heavy atom. The molecule has 0 aliphatic heterocycles. The largest absolute Gasteiger partial charge is 0.417 e. The van der Waals surface area contributed by atoms with Crippen molar-refractivity contribution in [3.05, 3.63) is 34.3 Å². The second kappa shape index (κ2) is 4.51. The molecule has 6 heteroatoms. The summed E-state index contributed by atoms with van der Waals surface area (Å²) in [5.74, 6) is 0. The number of nitrogens with zero attached hydrogens (tertiary/aromatic N) is 1. The van der Waals surface area contributed by atoms with Gasteiger partial charge in [0.2, 0.25) is 6.08 Å². The first kappa shape index (κ1) is 13.7. The van der Waals surface area contributed by atoms with Crippen LogP contribution in [0.5, 0.6) is 0 Å². The molecule has 92 valence electrons. The quantitative estimate of drug-likeness (QED) is 0.587. The van der Waals surface area contributed by atoms with Gasteiger partial charge in [0.1, 0.15) is 0 Å². The van der Waals surface area contributed by atoms with Crippen molar-refractivity contribution >= 4 is 17.7 Å². The highest BCUT2D eigenvalue weighted by molar-refractivity contribution is 6.31. The van der Waals surface area contributed by atoms with E-state index in [0.29, 0.717) is 5.56 Å². The Labute approximate surface area is 101 Å². The summed E-state index contributed by atoms with van der Waals surface area (Å²) in [6.07, 6.45) is -3.11. The van der Waals surface area contributed by atoms with Gasteiger partial charge in [-0.2, -0.15) is 18.2 Å². The number of benzene rings is 1. The van der Waals surface area contributed by atoms with E-state index in [1.807, 2.05) is 0 Å². The van der Waals surface area contributed by atoms with Crippen molar-refractivity contribution in [3.63, 3.8) is 0 Å². The Balaban J connectivity index is 3.27. The van der Waals surface area contributed by atoms with Crippen LogP contribution in [0.1, 0.15) is 25.0 Å². The third kappa shape index (κ3) is 3.08. The van der Waals surface area contributed by atoms with Crippen LogP contribution in [-0.2, 0) is 16.5 Å². The monoisotopic (exact) mass is 263 g/mol. The maximum atomic E-state index is 12.5. The number of hydrogen-bond donors (Lipinski definition) is 0. The summed E-state index contributed by atoms with van der Waals surface area (Å²) in [6, 6.07) is 3.28. The molecule has 0 unspecified atom stereocenters. The van der Waals surface area contributed by atoms with E-state index in [4.69, 9.17) is 11.6 Å². The van der Waals surface area contributed by atoms with Gasteiger partial charge < -0.3 is 0 Å². The highest BCUT2D eigenvalue weighted by Crippen LogP contribution is 2.37. The van der Waals surface area contributed by atoms with Crippen LogP contribution in [0, 0.1) is 0 Å². The molecule has 2 nitrogen and oxygen atoms in total. The van der Waals surface area contributed by atoms with Crippen LogP contribution in [0.2, 0.25) is 5.02 Å². The molecule has 0 bridgehead atoms. The van der Waals surface area contributed by atoms with Crippen LogP contribution in [0.15, 0.2) is 23.2 Å². The van der Waals surface area contributed by atoms with Crippen molar-refractivity contribution in [2.75, 3.05) is 0 Å². The molecule has 0 aliphatic carbocycles. The zero-order chi connectivity index (χ0) is 13.3. The van der Waals surface area contributed by atoms with Gasteiger partial charge in [-0.15, -0.1) is 0 Å². The summed E-state index contributed by atoms with van der Waals surface area (Å²) in [4.78, 5) is 13.7. The number of alkyl halides is 3. The molecule has 0 heterocycles. The van der Waals surface area contributed by atoms with Crippen LogP contribution >= 0.6 is 11.6 Å². The number of halogens is 4. The second-order valence-corrected chi connectivity index (χ2v) is 4.36. The molecule has 0 N–H and O–H groups in total. The van der Waals surface area contributed by atoms with Crippen molar-refractivity contribution < 1.29 is 18.0 Å². The van der Waals surface area contributed by atoms with Crippen molar-refractivity contribution in [1.29, 1.82) is 0 Å². The van der Waals surface area contributed by atoms with E-state index in [1.165, 1.54) is 12.1 Å². The molecule has 0 atom stereocenters. The van der Waals surface area contributed by atoms with Crippen LogP contribution in [0.3, 0.4) is 0 Å². The Hall–Kier alpha value is -1.32. The predicted octanol–water partition coefficient (Wildman–Crippen LogP) is 3.93. The molecule has 0 saturated carbocycles. The van der Waals surface area contributed by atoms with Crippen molar-refractivity contribution in [3.8, 4) is 0 Å². The summed E-state index contributed by atoms with van der Waals surface area (Å²) in [7, 11) is 0. The summed E-state index contributed by atoms with van der Waals surface area (Å²) < 4.78 is 37.4. The molecule has 0 fully saturated rings. The third-order valence-corrected chi connectivity index (χ3v) is 2.62. The molecule has 0 aliphatic rings. The van der Waals surface area contributed by atoms with Gasteiger partial charge in [-0.3, -0.25) is 0 Å². The fraction of sp³-hybridized carbons (Fsp3) is 0.364. The molecule has 1 aromatic carbocycles. The van der Waals surface area contributed by atoms with E-state index in [9.17, 15) is 18.0 Å². The molecule has 0 spiro atoms.